The Balaban J connectivity index is 2.24. The van der Waals surface area contributed by atoms with Crippen LogP contribution in [0, 0.1) is 5.92 Å². The molecule has 0 atom stereocenters. The topological polar surface area (TPSA) is 17.1 Å². The van der Waals surface area contributed by atoms with Gasteiger partial charge in [0.1, 0.15) is 5.78 Å². The fourth-order valence-corrected chi connectivity index (χ4v) is 0.877. The molecule has 0 aromatic carbocycles. The van der Waals surface area contributed by atoms with E-state index in [1.165, 1.54) is 5.57 Å². The van der Waals surface area contributed by atoms with E-state index >= 15 is 0 Å². The van der Waals surface area contributed by atoms with Crippen LogP contribution in [0.2, 0.25) is 0 Å². The van der Waals surface area contributed by atoms with Crippen LogP contribution in [0.25, 0.3) is 0 Å². The van der Waals surface area contributed by atoms with Crippen LogP contribution in [-0.2, 0) is 4.79 Å². The van der Waals surface area contributed by atoms with Crippen LogP contribution in [0.4, 0.5) is 0 Å². The van der Waals surface area contributed by atoms with E-state index in [1.54, 1.807) is 0 Å². The average molecular weight is 138 g/mol. The van der Waals surface area contributed by atoms with Crippen molar-refractivity contribution < 1.29 is 4.79 Å². The molecule has 0 radical (unpaired) electrons. The van der Waals surface area contributed by atoms with Crippen molar-refractivity contribution in [3.63, 3.8) is 0 Å². The third-order valence-electron chi connectivity index (χ3n) is 1.74. The quantitative estimate of drug-likeness (QED) is 0.547. The van der Waals surface area contributed by atoms with Crippen molar-refractivity contribution in [2.24, 2.45) is 5.92 Å². The zero-order valence-electron chi connectivity index (χ0n) is 6.68. The lowest BCUT2D eigenvalue weighted by Crippen LogP contribution is -1.97. The lowest BCUT2D eigenvalue weighted by atomic mass is 10.1. The van der Waals surface area contributed by atoms with E-state index in [0.29, 0.717) is 18.1 Å². The third kappa shape index (κ3) is 2.34. The molecule has 1 rings (SSSR count). The highest BCUT2D eigenvalue weighted by molar-refractivity contribution is 5.84. The average Bonchev–Trinajstić information content (AvgIpc) is 2.63. The Hall–Kier alpha value is -0.590. The summed E-state index contributed by atoms with van der Waals surface area (Å²) in [5.41, 5.74) is 1.24. The fourth-order valence-electron chi connectivity index (χ4n) is 0.877. The van der Waals surface area contributed by atoms with E-state index in [9.17, 15) is 4.79 Å². The first-order valence-corrected chi connectivity index (χ1v) is 3.86. The fraction of sp³-hybridized carbons (Fsp3) is 0.667. The Morgan fingerprint density at radius 3 is 2.50 bits per heavy atom. The molecule has 0 saturated heterocycles. The van der Waals surface area contributed by atoms with Crippen molar-refractivity contribution in [3.8, 4) is 0 Å². The van der Waals surface area contributed by atoms with E-state index in [-0.39, 0.29) is 0 Å². The van der Waals surface area contributed by atoms with E-state index in [1.807, 2.05) is 19.9 Å². The minimum absolute atomic E-state index is 0.426. The molecule has 1 heteroatoms. The number of hydrogen-bond acceptors (Lipinski definition) is 1. The number of rotatable bonds is 3. The van der Waals surface area contributed by atoms with Gasteiger partial charge >= 0.3 is 0 Å². The van der Waals surface area contributed by atoms with Crippen LogP contribution < -0.4 is 0 Å². The van der Waals surface area contributed by atoms with Gasteiger partial charge in [0.2, 0.25) is 0 Å². The smallest absolute Gasteiger partial charge is 0.139 e. The van der Waals surface area contributed by atoms with Crippen molar-refractivity contribution in [1.29, 1.82) is 0 Å². The molecule has 56 valence electrons. The number of allylic oxidation sites excluding steroid dienone is 2. The molecule has 0 N–H and O–H groups in total. The van der Waals surface area contributed by atoms with Gasteiger partial charge in [-0.3, -0.25) is 4.79 Å². The molecular formula is C9H14O. The highest BCUT2D eigenvalue weighted by Gasteiger charge is 2.27. The zero-order valence-corrected chi connectivity index (χ0v) is 6.68. The number of carbonyl (C=O) groups is 1. The first-order chi connectivity index (χ1) is 4.70. The molecule has 10 heavy (non-hydrogen) atoms. The summed E-state index contributed by atoms with van der Waals surface area (Å²) in [7, 11) is 0. The Morgan fingerprint density at radius 2 is 2.10 bits per heavy atom. The maximum Gasteiger partial charge on any atom is 0.139 e. The number of hydrogen-bond donors (Lipinski definition) is 0. The maximum absolute atomic E-state index is 11.1. The summed E-state index contributed by atoms with van der Waals surface area (Å²) in [6.07, 6.45) is 4.94. The first kappa shape index (κ1) is 7.52. The summed E-state index contributed by atoms with van der Waals surface area (Å²) in [5.74, 6) is 0.858. The SMILES string of the molecule is CC(C)=CCC(=O)C1CC1. The van der Waals surface area contributed by atoms with Gasteiger partial charge in [0.05, 0.1) is 0 Å². The molecule has 0 heterocycles. The van der Waals surface area contributed by atoms with Crippen LogP contribution in [-0.4, -0.2) is 5.78 Å². The van der Waals surface area contributed by atoms with Crippen molar-refractivity contribution >= 4 is 5.78 Å². The van der Waals surface area contributed by atoms with Crippen LogP contribution >= 0.6 is 0 Å². The lowest BCUT2D eigenvalue weighted by Gasteiger charge is -1.91. The highest BCUT2D eigenvalue weighted by atomic mass is 16.1. The minimum Gasteiger partial charge on any atom is -0.299 e. The summed E-state index contributed by atoms with van der Waals surface area (Å²) >= 11 is 0. The minimum atomic E-state index is 0.426. The standard InChI is InChI=1S/C9H14O/c1-7(2)3-6-9(10)8-4-5-8/h3,8H,4-6H2,1-2H3. The molecule has 1 fully saturated rings. The normalized spacial score (nSPS) is 16.6. The van der Waals surface area contributed by atoms with E-state index in [2.05, 4.69) is 0 Å². The zero-order chi connectivity index (χ0) is 7.56. The largest absolute Gasteiger partial charge is 0.299 e. The molecule has 0 aromatic rings. The molecule has 1 nitrogen and oxygen atoms in total. The highest BCUT2D eigenvalue weighted by Crippen LogP contribution is 2.30. The maximum atomic E-state index is 11.1. The Kier molecular flexibility index (Phi) is 2.25. The second-order valence-corrected chi connectivity index (χ2v) is 3.23. The molecule has 0 unspecified atom stereocenters. The first-order valence-electron chi connectivity index (χ1n) is 3.86. The Bertz CT molecular complexity index is 160. The molecule has 1 saturated carbocycles. The molecular weight excluding hydrogens is 124 g/mol. The van der Waals surface area contributed by atoms with Crippen molar-refractivity contribution in [2.45, 2.75) is 33.1 Å². The molecule has 1 aliphatic rings. The Morgan fingerprint density at radius 1 is 1.50 bits per heavy atom. The molecule has 0 aliphatic heterocycles. The summed E-state index contributed by atoms with van der Waals surface area (Å²) in [6, 6.07) is 0. The van der Waals surface area contributed by atoms with Gasteiger partial charge in [-0.05, 0) is 26.7 Å². The van der Waals surface area contributed by atoms with Crippen LogP contribution in [0.3, 0.4) is 0 Å². The van der Waals surface area contributed by atoms with Gasteiger partial charge in [-0.25, -0.2) is 0 Å². The van der Waals surface area contributed by atoms with Gasteiger partial charge in [-0.1, -0.05) is 11.6 Å². The van der Waals surface area contributed by atoms with Crippen LogP contribution in [0.15, 0.2) is 11.6 Å². The summed E-state index contributed by atoms with van der Waals surface area (Å²) < 4.78 is 0. The molecule has 1 aliphatic carbocycles. The van der Waals surface area contributed by atoms with Crippen molar-refractivity contribution in [3.05, 3.63) is 11.6 Å². The molecule has 0 bridgehead atoms. The van der Waals surface area contributed by atoms with Gasteiger partial charge in [-0.2, -0.15) is 0 Å². The number of ketones is 1. The predicted molar refractivity (Wildman–Crippen MR) is 41.8 cm³/mol. The monoisotopic (exact) mass is 138 g/mol. The summed E-state index contributed by atoms with van der Waals surface area (Å²) in [5, 5.41) is 0. The Labute approximate surface area is 62.1 Å². The van der Waals surface area contributed by atoms with Gasteiger partial charge in [0.15, 0.2) is 0 Å². The van der Waals surface area contributed by atoms with E-state index in [4.69, 9.17) is 0 Å². The third-order valence-corrected chi connectivity index (χ3v) is 1.74. The van der Waals surface area contributed by atoms with Crippen molar-refractivity contribution in [2.75, 3.05) is 0 Å². The second kappa shape index (κ2) is 3.00. The second-order valence-electron chi connectivity index (χ2n) is 3.23. The molecule has 0 aromatic heterocycles. The van der Waals surface area contributed by atoms with E-state index in [0.717, 1.165) is 12.8 Å². The van der Waals surface area contributed by atoms with Gasteiger partial charge in [0.25, 0.3) is 0 Å². The summed E-state index contributed by atoms with van der Waals surface area (Å²) in [4.78, 5) is 11.1. The molecule has 0 spiro atoms. The van der Waals surface area contributed by atoms with Gasteiger partial charge in [0, 0.05) is 12.3 Å². The summed E-state index contributed by atoms with van der Waals surface area (Å²) in [6.45, 7) is 4.06. The molecule has 0 amide bonds. The van der Waals surface area contributed by atoms with Crippen LogP contribution in [0.1, 0.15) is 33.1 Å². The van der Waals surface area contributed by atoms with Crippen molar-refractivity contribution in [1.82, 2.24) is 0 Å². The number of carbonyl (C=O) groups excluding carboxylic acids is 1. The lowest BCUT2D eigenvalue weighted by molar-refractivity contribution is -0.119. The van der Waals surface area contributed by atoms with Gasteiger partial charge in [-0.15, -0.1) is 0 Å². The van der Waals surface area contributed by atoms with Gasteiger partial charge < -0.3 is 0 Å². The van der Waals surface area contributed by atoms with Crippen LogP contribution in [0.5, 0.6) is 0 Å². The van der Waals surface area contributed by atoms with E-state index < -0.39 is 0 Å². The number of Topliss-reactive ketones (excluding diaryl/α,β-unsaturated/α-hetero) is 1. The predicted octanol–water partition coefficient (Wildman–Crippen LogP) is 2.32.